The number of para-hydroxylation sites is 1. The largest absolute Gasteiger partial charge is 0.497 e. The van der Waals surface area contributed by atoms with Gasteiger partial charge in [0.15, 0.2) is 0 Å². The molecule has 1 N–H and O–H groups in total. The lowest BCUT2D eigenvalue weighted by atomic mass is 10.1. The molecule has 0 saturated carbocycles. The third kappa shape index (κ3) is 4.42. The van der Waals surface area contributed by atoms with Crippen LogP contribution >= 0.6 is 12.2 Å². The number of nitrogens with zero attached hydrogens (tertiary/aromatic N) is 2. The Labute approximate surface area is 204 Å². The maximum absolute atomic E-state index is 13.6. The van der Waals surface area contributed by atoms with E-state index in [0.717, 1.165) is 15.4 Å². The number of thiocarbonyl (C=S) groups is 1. The van der Waals surface area contributed by atoms with Crippen molar-refractivity contribution in [2.45, 2.75) is 24.4 Å². The average Bonchev–Trinajstić information content (AvgIpc) is 3.02. The Bertz CT molecular complexity index is 1340. The lowest BCUT2D eigenvalue weighted by Gasteiger charge is -2.30. The molecule has 0 spiro atoms. The van der Waals surface area contributed by atoms with Crippen LogP contribution < -0.4 is 9.64 Å². The summed E-state index contributed by atoms with van der Waals surface area (Å²) in [7, 11) is -2.65. The van der Waals surface area contributed by atoms with Gasteiger partial charge in [-0.15, -0.1) is 0 Å². The zero-order chi connectivity index (χ0) is 24.5. The molecule has 0 saturated heterocycles. The Kier molecular flexibility index (Phi) is 6.70. The molecule has 9 heteroatoms. The fourth-order valence-electron chi connectivity index (χ4n) is 4.04. The van der Waals surface area contributed by atoms with E-state index in [1.54, 1.807) is 17.0 Å². The highest BCUT2D eigenvalue weighted by Gasteiger charge is 2.41. The predicted molar refractivity (Wildman–Crippen MR) is 134 cm³/mol. The number of fused-ring (bicyclic) bond motifs is 1. The molecule has 1 aliphatic rings. The van der Waals surface area contributed by atoms with E-state index in [9.17, 15) is 18.3 Å². The normalized spacial score (nSPS) is 16.4. The Morgan fingerprint density at radius 3 is 2.32 bits per heavy atom. The van der Waals surface area contributed by atoms with Crippen molar-refractivity contribution in [2.75, 3.05) is 18.6 Å². The minimum atomic E-state index is -4.14. The number of aliphatic carboxylic acids is 1. The monoisotopic (exact) mass is 496 g/mol. The first-order valence-electron chi connectivity index (χ1n) is 10.6. The number of ether oxygens (including phenoxy) is 1. The van der Waals surface area contributed by atoms with Gasteiger partial charge in [-0.1, -0.05) is 54.7 Å². The summed E-state index contributed by atoms with van der Waals surface area (Å²) in [4.78, 5) is 14.6. The van der Waals surface area contributed by atoms with E-state index in [1.165, 1.54) is 31.4 Å². The summed E-state index contributed by atoms with van der Waals surface area (Å²) < 4.78 is 33.4. The van der Waals surface area contributed by atoms with E-state index in [-0.39, 0.29) is 18.0 Å². The van der Waals surface area contributed by atoms with Crippen LogP contribution in [0.25, 0.3) is 0 Å². The van der Waals surface area contributed by atoms with E-state index < -0.39 is 22.0 Å². The van der Waals surface area contributed by atoms with Gasteiger partial charge in [-0.3, -0.25) is 4.79 Å². The van der Waals surface area contributed by atoms with Crippen LogP contribution in [-0.4, -0.2) is 48.5 Å². The van der Waals surface area contributed by atoms with Crippen molar-refractivity contribution in [1.29, 1.82) is 0 Å². The van der Waals surface area contributed by atoms with Crippen molar-refractivity contribution in [2.24, 2.45) is 0 Å². The molecule has 4 rings (SSSR count). The second kappa shape index (κ2) is 9.54. The molecule has 3 aromatic rings. The zero-order valence-corrected chi connectivity index (χ0v) is 20.3. The summed E-state index contributed by atoms with van der Waals surface area (Å²) in [6.45, 7) is 1.70. The second-order valence-corrected chi connectivity index (χ2v) is 10.2. The highest BCUT2D eigenvalue weighted by Crippen LogP contribution is 2.33. The number of carboxylic acid groups (broad SMARTS) is 1. The molecule has 34 heavy (non-hydrogen) atoms. The van der Waals surface area contributed by atoms with Gasteiger partial charge >= 0.3 is 5.97 Å². The van der Waals surface area contributed by atoms with Crippen LogP contribution in [0.5, 0.6) is 5.75 Å². The summed E-state index contributed by atoms with van der Waals surface area (Å²) >= 11 is 5.81. The topological polar surface area (TPSA) is 87.2 Å². The Morgan fingerprint density at radius 2 is 1.68 bits per heavy atom. The SMILES string of the molecule is COc1ccc(S(=O)(=O)N2Cc3ccccc3N(C(=S)c3ccccc3C)CC2C(=O)O)cc1. The van der Waals surface area contributed by atoms with E-state index in [2.05, 4.69) is 0 Å². The van der Waals surface area contributed by atoms with Crippen LogP contribution in [0.15, 0.2) is 77.7 Å². The summed E-state index contributed by atoms with van der Waals surface area (Å²) in [6, 6.07) is 19.4. The van der Waals surface area contributed by atoms with Crippen LogP contribution in [0.4, 0.5) is 5.69 Å². The molecule has 0 amide bonds. The molecule has 1 unspecified atom stereocenters. The van der Waals surface area contributed by atoms with Gasteiger partial charge in [0.25, 0.3) is 0 Å². The molecule has 0 bridgehead atoms. The molecule has 3 aromatic carbocycles. The Hall–Kier alpha value is -3.27. The van der Waals surface area contributed by atoms with Crippen molar-refractivity contribution >= 4 is 38.9 Å². The molecule has 0 aromatic heterocycles. The van der Waals surface area contributed by atoms with Gasteiger partial charge < -0.3 is 14.7 Å². The van der Waals surface area contributed by atoms with Crippen LogP contribution in [-0.2, 0) is 21.4 Å². The zero-order valence-electron chi connectivity index (χ0n) is 18.7. The number of rotatable bonds is 5. The number of methoxy groups -OCH3 is 1. The van der Waals surface area contributed by atoms with Crippen LogP contribution in [0.2, 0.25) is 0 Å². The van der Waals surface area contributed by atoms with E-state index in [1.807, 2.05) is 43.3 Å². The molecule has 1 aliphatic heterocycles. The fraction of sp³-hybridized carbons (Fsp3) is 0.200. The molecular formula is C25H24N2O5S2. The van der Waals surface area contributed by atoms with Gasteiger partial charge in [0.2, 0.25) is 10.0 Å². The Morgan fingerprint density at radius 1 is 1.03 bits per heavy atom. The number of carbonyl (C=O) groups is 1. The predicted octanol–water partition coefficient (Wildman–Crippen LogP) is 3.84. The van der Waals surface area contributed by atoms with Gasteiger partial charge in [-0.25, -0.2) is 8.42 Å². The highest BCUT2D eigenvalue weighted by molar-refractivity contribution is 7.89. The number of hydrogen-bond donors (Lipinski definition) is 1. The summed E-state index contributed by atoms with van der Waals surface area (Å²) in [5.41, 5.74) is 3.10. The van der Waals surface area contributed by atoms with Crippen molar-refractivity contribution in [3.05, 3.63) is 89.5 Å². The molecule has 1 atom stereocenters. The molecule has 0 aliphatic carbocycles. The van der Waals surface area contributed by atoms with Crippen LogP contribution in [0, 0.1) is 6.92 Å². The quantitative estimate of drug-likeness (QED) is 0.537. The molecular weight excluding hydrogens is 472 g/mol. The number of sulfonamides is 1. The van der Waals surface area contributed by atoms with E-state index in [4.69, 9.17) is 17.0 Å². The van der Waals surface area contributed by atoms with Crippen molar-refractivity contribution in [3.63, 3.8) is 0 Å². The summed E-state index contributed by atoms with van der Waals surface area (Å²) in [5, 5.41) is 10.1. The van der Waals surface area contributed by atoms with Crippen molar-refractivity contribution in [1.82, 2.24) is 4.31 Å². The smallest absolute Gasteiger partial charge is 0.323 e. The average molecular weight is 497 g/mol. The van der Waals surface area contributed by atoms with Gasteiger partial charge in [0, 0.05) is 17.8 Å². The van der Waals surface area contributed by atoms with Gasteiger partial charge in [-0.2, -0.15) is 4.31 Å². The minimum Gasteiger partial charge on any atom is -0.497 e. The lowest BCUT2D eigenvalue weighted by molar-refractivity contribution is -0.141. The molecule has 0 fully saturated rings. The maximum Gasteiger partial charge on any atom is 0.323 e. The first kappa shape index (κ1) is 23.9. The van der Waals surface area contributed by atoms with Crippen LogP contribution in [0.1, 0.15) is 16.7 Å². The number of carboxylic acids is 1. The van der Waals surface area contributed by atoms with Gasteiger partial charge in [0.05, 0.1) is 18.6 Å². The summed E-state index contributed by atoms with van der Waals surface area (Å²) in [6.07, 6.45) is 0. The number of hydrogen-bond acceptors (Lipinski definition) is 5. The van der Waals surface area contributed by atoms with E-state index >= 15 is 0 Å². The fourth-order valence-corrected chi connectivity index (χ4v) is 5.99. The number of benzene rings is 3. The summed E-state index contributed by atoms with van der Waals surface area (Å²) in [5.74, 6) is -0.743. The first-order chi connectivity index (χ1) is 16.2. The second-order valence-electron chi connectivity index (χ2n) is 7.94. The molecule has 7 nitrogen and oxygen atoms in total. The van der Waals surface area contributed by atoms with E-state index in [0.29, 0.717) is 22.0 Å². The maximum atomic E-state index is 13.6. The van der Waals surface area contributed by atoms with Crippen molar-refractivity contribution < 1.29 is 23.1 Å². The molecule has 1 heterocycles. The highest BCUT2D eigenvalue weighted by atomic mass is 32.2. The lowest BCUT2D eigenvalue weighted by Crippen LogP contribution is -2.50. The van der Waals surface area contributed by atoms with Crippen LogP contribution in [0.3, 0.4) is 0 Å². The van der Waals surface area contributed by atoms with Gasteiger partial charge in [-0.05, 0) is 48.4 Å². The third-order valence-electron chi connectivity index (χ3n) is 5.88. The third-order valence-corrected chi connectivity index (χ3v) is 8.19. The molecule has 0 radical (unpaired) electrons. The Balaban J connectivity index is 1.82. The number of anilines is 1. The first-order valence-corrected chi connectivity index (χ1v) is 12.4. The van der Waals surface area contributed by atoms with Crippen molar-refractivity contribution in [3.8, 4) is 5.75 Å². The standard InChI is InChI=1S/C25H24N2O5S2/c1-17-7-3-5-9-21(17)24(33)26-16-23(25(28)29)27(15-18-8-4-6-10-22(18)26)34(30,31)20-13-11-19(32-2)12-14-20/h3-14,23H,15-16H2,1-2H3,(H,28,29). The minimum absolute atomic E-state index is 0.00744. The molecule has 176 valence electrons. The number of aryl methyl sites for hydroxylation is 1. The van der Waals surface area contributed by atoms with Gasteiger partial charge in [0.1, 0.15) is 16.8 Å².